The van der Waals surface area contributed by atoms with Gasteiger partial charge in [0.15, 0.2) is 0 Å². The Morgan fingerprint density at radius 2 is 2.22 bits per heavy atom. The maximum atomic E-state index is 13.5. The van der Waals surface area contributed by atoms with Crippen molar-refractivity contribution >= 4 is 5.91 Å². The third-order valence-corrected chi connectivity index (χ3v) is 2.51. The molecule has 18 heavy (non-hydrogen) atoms. The van der Waals surface area contributed by atoms with E-state index in [1.807, 2.05) is 6.07 Å². The molecule has 0 unspecified atom stereocenters. The zero-order chi connectivity index (χ0) is 13.5. The SMILES string of the molecule is CN(C)C(=O)CCNCc1ccc(C#N)cc1F. The van der Waals surface area contributed by atoms with Crippen LogP contribution in [-0.2, 0) is 11.3 Å². The van der Waals surface area contributed by atoms with Crippen molar-refractivity contribution in [2.24, 2.45) is 0 Å². The Bertz CT molecular complexity index is 466. The van der Waals surface area contributed by atoms with Crippen molar-refractivity contribution in [2.45, 2.75) is 13.0 Å². The Kier molecular flexibility index (Phi) is 5.28. The Balaban J connectivity index is 2.41. The van der Waals surface area contributed by atoms with Crippen LogP contribution in [0.25, 0.3) is 0 Å². The highest BCUT2D eigenvalue weighted by Crippen LogP contribution is 2.09. The van der Waals surface area contributed by atoms with Crippen LogP contribution in [0.3, 0.4) is 0 Å². The number of carbonyl (C=O) groups excluding carboxylic acids is 1. The van der Waals surface area contributed by atoms with Crippen LogP contribution < -0.4 is 5.32 Å². The van der Waals surface area contributed by atoms with E-state index < -0.39 is 5.82 Å². The molecule has 0 radical (unpaired) electrons. The maximum absolute atomic E-state index is 13.5. The number of halogens is 1. The molecule has 0 aliphatic carbocycles. The third kappa shape index (κ3) is 4.15. The smallest absolute Gasteiger partial charge is 0.223 e. The van der Waals surface area contributed by atoms with Crippen molar-refractivity contribution in [1.29, 1.82) is 5.26 Å². The minimum Gasteiger partial charge on any atom is -0.349 e. The van der Waals surface area contributed by atoms with Crippen LogP contribution in [0.2, 0.25) is 0 Å². The first-order chi connectivity index (χ1) is 8.54. The van der Waals surface area contributed by atoms with Crippen LogP contribution in [0.5, 0.6) is 0 Å². The molecule has 0 saturated carbocycles. The molecule has 0 aromatic heterocycles. The van der Waals surface area contributed by atoms with Crippen LogP contribution in [0.1, 0.15) is 17.5 Å². The van der Waals surface area contributed by atoms with E-state index in [1.54, 1.807) is 26.2 Å². The molecule has 1 aromatic carbocycles. The number of hydrogen-bond acceptors (Lipinski definition) is 3. The summed E-state index contributed by atoms with van der Waals surface area (Å²) in [6, 6.07) is 6.24. The standard InChI is InChI=1S/C13H16FN3O/c1-17(2)13(18)5-6-16-9-11-4-3-10(8-15)7-12(11)14/h3-4,7,16H,5-6,9H2,1-2H3. The van der Waals surface area contributed by atoms with Crippen molar-refractivity contribution in [1.82, 2.24) is 10.2 Å². The molecule has 96 valence electrons. The summed E-state index contributed by atoms with van der Waals surface area (Å²) in [5.74, 6) is -0.372. The zero-order valence-corrected chi connectivity index (χ0v) is 10.5. The van der Waals surface area contributed by atoms with Gasteiger partial charge in [0.2, 0.25) is 5.91 Å². The minimum absolute atomic E-state index is 0.0304. The van der Waals surface area contributed by atoms with Crippen molar-refractivity contribution in [3.63, 3.8) is 0 Å². The normalized spacial score (nSPS) is 9.89. The average Bonchev–Trinajstić information content (AvgIpc) is 2.35. The molecule has 0 spiro atoms. The fraction of sp³-hybridized carbons (Fsp3) is 0.385. The fourth-order valence-electron chi connectivity index (χ4n) is 1.40. The van der Waals surface area contributed by atoms with Gasteiger partial charge in [-0.2, -0.15) is 5.26 Å². The first-order valence-electron chi connectivity index (χ1n) is 5.64. The van der Waals surface area contributed by atoms with Gasteiger partial charge in [0.1, 0.15) is 5.82 Å². The first-order valence-corrected chi connectivity index (χ1v) is 5.64. The molecule has 5 heteroatoms. The van der Waals surface area contributed by atoms with E-state index in [0.717, 1.165) is 0 Å². The number of nitriles is 1. The van der Waals surface area contributed by atoms with E-state index in [2.05, 4.69) is 5.32 Å². The second kappa shape index (κ2) is 6.72. The van der Waals surface area contributed by atoms with E-state index in [9.17, 15) is 9.18 Å². The molecular formula is C13H16FN3O. The third-order valence-electron chi connectivity index (χ3n) is 2.51. The van der Waals surface area contributed by atoms with Crippen LogP contribution in [0.15, 0.2) is 18.2 Å². The quantitative estimate of drug-likeness (QED) is 0.799. The van der Waals surface area contributed by atoms with Gasteiger partial charge in [0.05, 0.1) is 11.6 Å². The molecule has 1 aromatic rings. The van der Waals surface area contributed by atoms with Crippen molar-refractivity contribution < 1.29 is 9.18 Å². The lowest BCUT2D eigenvalue weighted by Gasteiger charge is -2.10. The van der Waals surface area contributed by atoms with Crippen LogP contribution in [-0.4, -0.2) is 31.4 Å². The van der Waals surface area contributed by atoms with Crippen molar-refractivity contribution in [3.8, 4) is 6.07 Å². The van der Waals surface area contributed by atoms with Crippen LogP contribution >= 0.6 is 0 Å². The summed E-state index contributed by atoms with van der Waals surface area (Å²) in [6.07, 6.45) is 0.380. The number of benzene rings is 1. The summed E-state index contributed by atoms with van der Waals surface area (Å²) in [5, 5.41) is 11.6. The summed E-state index contributed by atoms with van der Waals surface area (Å²) in [5.41, 5.74) is 0.797. The van der Waals surface area contributed by atoms with Gasteiger partial charge in [-0.3, -0.25) is 4.79 Å². The molecule has 1 N–H and O–H groups in total. The molecule has 1 amide bonds. The molecule has 4 nitrogen and oxygen atoms in total. The van der Waals surface area contributed by atoms with Gasteiger partial charge in [-0.05, 0) is 12.1 Å². The summed E-state index contributed by atoms with van der Waals surface area (Å²) in [4.78, 5) is 12.8. The summed E-state index contributed by atoms with van der Waals surface area (Å²) >= 11 is 0. The molecule has 0 saturated heterocycles. The molecule has 0 heterocycles. The summed E-state index contributed by atoms with van der Waals surface area (Å²) in [6.45, 7) is 0.842. The molecule has 1 rings (SSSR count). The van der Waals surface area contributed by atoms with Gasteiger partial charge in [-0.1, -0.05) is 6.07 Å². The van der Waals surface area contributed by atoms with Crippen LogP contribution in [0.4, 0.5) is 4.39 Å². The van der Waals surface area contributed by atoms with Gasteiger partial charge in [-0.15, -0.1) is 0 Å². The largest absolute Gasteiger partial charge is 0.349 e. The Morgan fingerprint density at radius 3 is 2.78 bits per heavy atom. The molecule has 0 fully saturated rings. The van der Waals surface area contributed by atoms with Gasteiger partial charge in [0.25, 0.3) is 0 Å². The monoisotopic (exact) mass is 249 g/mol. The van der Waals surface area contributed by atoms with E-state index in [-0.39, 0.29) is 5.91 Å². The zero-order valence-electron chi connectivity index (χ0n) is 10.5. The lowest BCUT2D eigenvalue weighted by atomic mass is 10.1. The molecule has 0 atom stereocenters. The number of amides is 1. The second-order valence-corrected chi connectivity index (χ2v) is 4.13. The predicted molar refractivity (Wildman–Crippen MR) is 66.1 cm³/mol. The van der Waals surface area contributed by atoms with E-state index in [0.29, 0.717) is 30.6 Å². The number of rotatable bonds is 5. The second-order valence-electron chi connectivity index (χ2n) is 4.13. The lowest BCUT2D eigenvalue weighted by molar-refractivity contribution is -0.128. The topological polar surface area (TPSA) is 56.1 Å². The molecule has 0 aliphatic rings. The summed E-state index contributed by atoms with van der Waals surface area (Å²) < 4.78 is 13.5. The molecular weight excluding hydrogens is 233 g/mol. The van der Waals surface area contributed by atoms with Gasteiger partial charge in [-0.25, -0.2) is 4.39 Å². The van der Waals surface area contributed by atoms with Gasteiger partial charge >= 0.3 is 0 Å². The number of hydrogen-bond donors (Lipinski definition) is 1. The highest BCUT2D eigenvalue weighted by atomic mass is 19.1. The van der Waals surface area contributed by atoms with E-state index in [1.165, 1.54) is 11.0 Å². The van der Waals surface area contributed by atoms with Gasteiger partial charge < -0.3 is 10.2 Å². The lowest BCUT2D eigenvalue weighted by Crippen LogP contribution is -2.26. The highest BCUT2D eigenvalue weighted by Gasteiger charge is 2.05. The van der Waals surface area contributed by atoms with E-state index >= 15 is 0 Å². The first kappa shape index (κ1) is 14.1. The Hall–Kier alpha value is -1.93. The Labute approximate surface area is 106 Å². The predicted octanol–water partition coefficient (Wildman–Crippen LogP) is 1.27. The minimum atomic E-state index is -0.402. The van der Waals surface area contributed by atoms with Crippen molar-refractivity contribution in [2.75, 3.05) is 20.6 Å². The van der Waals surface area contributed by atoms with Crippen molar-refractivity contribution in [3.05, 3.63) is 35.1 Å². The highest BCUT2D eigenvalue weighted by molar-refractivity contribution is 5.75. The average molecular weight is 249 g/mol. The van der Waals surface area contributed by atoms with Crippen LogP contribution in [0, 0.1) is 17.1 Å². The summed E-state index contributed by atoms with van der Waals surface area (Å²) in [7, 11) is 3.39. The number of nitrogens with zero attached hydrogens (tertiary/aromatic N) is 2. The number of carbonyl (C=O) groups is 1. The molecule has 0 aliphatic heterocycles. The number of nitrogens with one attached hydrogen (secondary N) is 1. The Morgan fingerprint density at radius 1 is 1.50 bits per heavy atom. The molecule has 0 bridgehead atoms. The fourth-order valence-corrected chi connectivity index (χ4v) is 1.40. The van der Waals surface area contributed by atoms with E-state index in [4.69, 9.17) is 5.26 Å². The van der Waals surface area contributed by atoms with Gasteiger partial charge in [0, 0.05) is 39.2 Å². The maximum Gasteiger partial charge on any atom is 0.223 e.